The van der Waals surface area contributed by atoms with Gasteiger partial charge >= 0.3 is 0 Å². The molecule has 3 N–H and O–H groups in total. The van der Waals surface area contributed by atoms with Crippen molar-refractivity contribution in [3.05, 3.63) is 65.2 Å². The highest BCUT2D eigenvalue weighted by Crippen LogP contribution is 2.14. The molecule has 2 aromatic rings. The minimum absolute atomic E-state index is 0.245. The molecule has 2 amide bonds. The average molecular weight is 417 g/mol. The minimum atomic E-state index is -3.13. The number of anilines is 1. The number of hydrogen-bond acceptors (Lipinski definition) is 5. The number of hydrogen-bond donors (Lipinski definition) is 2. The van der Waals surface area contributed by atoms with Gasteiger partial charge in [0.05, 0.1) is 6.26 Å². The van der Waals surface area contributed by atoms with Gasteiger partial charge in [-0.1, -0.05) is 12.1 Å². The summed E-state index contributed by atoms with van der Waals surface area (Å²) in [5.74, 6) is -0.763. The third-order valence-electron chi connectivity index (χ3n) is 4.85. The number of carbonyl (C=O) groups excluding carboxylic acids is 2. The maximum atomic E-state index is 12.4. The molecule has 1 fully saturated rings. The lowest BCUT2D eigenvalue weighted by atomic mass is 10.1. The zero-order chi connectivity index (χ0) is 21.0. The first-order valence-corrected chi connectivity index (χ1v) is 11.0. The van der Waals surface area contributed by atoms with E-state index in [-0.39, 0.29) is 5.91 Å². The van der Waals surface area contributed by atoms with E-state index in [0.717, 1.165) is 5.56 Å². The second kappa shape index (κ2) is 8.73. The van der Waals surface area contributed by atoms with Crippen LogP contribution in [-0.2, 0) is 16.6 Å². The second-order valence-electron chi connectivity index (χ2n) is 7.03. The number of nitrogens with one attached hydrogen (secondary N) is 1. The molecule has 0 aromatic heterocycles. The summed E-state index contributed by atoms with van der Waals surface area (Å²) in [6.45, 7) is 3.04. The zero-order valence-corrected chi connectivity index (χ0v) is 17.0. The smallest absolute Gasteiger partial charge is 0.255 e. The fourth-order valence-corrected chi connectivity index (χ4v) is 3.99. The van der Waals surface area contributed by atoms with Crippen molar-refractivity contribution >= 4 is 27.5 Å². The molecule has 0 unspecified atom stereocenters. The fraction of sp³-hybridized carbons (Fsp3) is 0.300. The first-order chi connectivity index (χ1) is 13.7. The normalized spacial score (nSPS) is 15.8. The zero-order valence-electron chi connectivity index (χ0n) is 16.2. The molecule has 154 valence electrons. The quantitative estimate of drug-likeness (QED) is 0.733. The molecular formula is C20H24N4O4S. The number of piperazine rings is 1. The van der Waals surface area contributed by atoms with Crippen LogP contribution in [0.3, 0.4) is 0 Å². The van der Waals surface area contributed by atoms with Gasteiger partial charge in [-0.05, 0) is 42.0 Å². The fourth-order valence-electron chi connectivity index (χ4n) is 3.16. The highest BCUT2D eigenvalue weighted by molar-refractivity contribution is 7.88. The van der Waals surface area contributed by atoms with Gasteiger partial charge < -0.3 is 11.1 Å². The molecule has 0 radical (unpaired) electrons. The Balaban J connectivity index is 1.54. The first-order valence-electron chi connectivity index (χ1n) is 9.20. The number of amides is 2. The van der Waals surface area contributed by atoms with E-state index in [0.29, 0.717) is 49.5 Å². The van der Waals surface area contributed by atoms with E-state index in [1.807, 2.05) is 12.1 Å². The molecule has 0 aliphatic carbocycles. The topological polar surface area (TPSA) is 113 Å². The maximum absolute atomic E-state index is 12.4. The number of nitrogens with zero attached hydrogens (tertiary/aromatic N) is 2. The molecule has 1 aliphatic heterocycles. The Morgan fingerprint density at radius 3 is 2.00 bits per heavy atom. The lowest BCUT2D eigenvalue weighted by molar-refractivity contribution is 0.0998. The van der Waals surface area contributed by atoms with E-state index in [2.05, 4.69) is 10.2 Å². The van der Waals surface area contributed by atoms with Crippen molar-refractivity contribution in [1.29, 1.82) is 0 Å². The number of rotatable bonds is 6. The molecule has 1 heterocycles. The van der Waals surface area contributed by atoms with Gasteiger partial charge in [0.2, 0.25) is 15.9 Å². The number of benzene rings is 2. The highest BCUT2D eigenvalue weighted by atomic mass is 32.2. The Hall–Kier alpha value is -2.75. The van der Waals surface area contributed by atoms with Crippen molar-refractivity contribution in [3.8, 4) is 0 Å². The molecule has 8 nitrogen and oxygen atoms in total. The van der Waals surface area contributed by atoms with Gasteiger partial charge in [-0.25, -0.2) is 8.42 Å². The van der Waals surface area contributed by atoms with Gasteiger partial charge in [0.25, 0.3) is 5.91 Å². The average Bonchev–Trinajstić information content (AvgIpc) is 2.68. The molecule has 9 heteroatoms. The van der Waals surface area contributed by atoms with Crippen LogP contribution in [-0.4, -0.2) is 61.9 Å². The summed E-state index contributed by atoms with van der Waals surface area (Å²) >= 11 is 0. The Morgan fingerprint density at radius 2 is 1.48 bits per heavy atom. The van der Waals surface area contributed by atoms with E-state index in [9.17, 15) is 18.0 Å². The summed E-state index contributed by atoms with van der Waals surface area (Å²) < 4.78 is 24.7. The van der Waals surface area contributed by atoms with E-state index in [1.54, 1.807) is 36.4 Å². The van der Waals surface area contributed by atoms with Gasteiger partial charge in [0.15, 0.2) is 0 Å². The summed E-state index contributed by atoms with van der Waals surface area (Å²) in [4.78, 5) is 25.7. The summed E-state index contributed by atoms with van der Waals surface area (Å²) in [6, 6.07) is 13.7. The van der Waals surface area contributed by atoms with Crippen LogP contribution in [0.5, 0.6) is 0 Å². The van der Waals surface area contributed by atoms with Gasteiger partial charge in [-0.3, -0.25) is 14.5 Å². The van der Waals surface area contributed by atoms with Crippen molar-refractivity contribution in [2.75, 3.05) is 37.8 Å². The lowest BCUT2D eigenvalue weighted by Crippen LogP contribution is -2.47. The van der Waals surface area contributed by atoms with Gasteiger partial charge in [0, 0.05) is 49.5 Å². The van der Waals surface area contributed by atoms with Crippen LogP contribution in [0.2, 0.25) is 0 Å². The van der Waals surface area contributed by atoms with Gasteiger partial charge in [0.1, 0.15) is 0 Å². The SMILES string of the molecule is CS(=O)(=O)N1CCN(Cc2ccc(C(=O)Nc3ccc(C(N)=O)cc3)cc2)CC1. The maximum Gasteiger partial charge on any atom is 0.255 e. The second-order valence-corrected chi connectivity index (χ2v) is 9.01. The number of carbonyl (C=O) groups is 2. The van der Waals surface area contributed by atoms with E-state index in [1.165, 1.54) is 10.6 Å². The summed E-state index contributed by atoms with van der Waals surface area (Å²) in [7, 11) is -3.13. The van der Waals surface area contributed by atoms with Crippen LogP contribution < -0.4 is 11.1 Å². The Labute approximate surface area is 170 Å². The van der Waals surface area contributed by atoms with Crippen molar-refractivity contribution in [2.45, 2.75) is 6.54 Å². The van der Waals surface area contributed by atoms with Gasteiger partial charge in [-0.15, -0.1) is 0 Å². The molecular weight excluding hydrogens is 392 g/mol. The van der Waals surface area contributed by atoms with Crippen LogP contribution in [0, 0.1) is 0 Å². The number of sulfonamides is 1. The third kappa shape index (κ3) is 5.63. The van der Waals surface area contributed by atoms with Crippen molar-refractivity contribution in [2.24, 2.45) is 5.73 Å². The van der Waals surface area contributed by atoms with E-state index in [4.69, 9.17) is 5.73 Å². The largest absolute Gasteiger partial charge is 0.366 e. The minimum Gasteiger partial charge on any atom is -0.366 e. The van der Waals surface area contributed by atoms with E-state index >= 15 is 0 Å². The lowest BCUT2D eigenvalue weighted by Gasteiger charge is -2.33. The molecule has 0 atom stereocenters. The Bertz CT molecular complexity index is 980. The Kier molecular flexibility index (Phi) is 6.31. The predicted molar refractivity (Wildman–Crippen MR) is 111 cm³/mol. The van der Waals surface area contributed by atoms with Crippen LogP contribution in [0.15, 0.2) is 48.5 Å². The van der Waals surface area contributed by atoms with Crippen LogP contribution in [0.4, 0.5) is 5.69 Å². The number of primary amides is 1. The van der Waals surface area contributed by atoms with Crippen molar-refractivity contribution in [1.82, 2.24) is 9.21 Å². The molecule has 2 aromatic carbocycles. The number of nitrogens with two attached hydrogens (primary N) is 1. The molecule has 1 saturated heterocycles. The first kappa shape index (κ1) is 21.0. The molecule has 0 bridgehead atoms. The molecule has 29 heavy (non-hydrogen) atoms. The predicted octanol–water partition coefficient (Wildman–Crippen LogP) is 1.11. The van der Waals surface area contributed by atoms with Crippen LogP contribution in [0.1, 0.15) is 26.3 Å². The molecule has 1 aliphatic rings. The molecule has 0 spiro atoms. The third-order valence-corrected chi connectivity index (χ3v) is 6.15. The summed E-state index contributed by atoms with van der Waals surface area (Å²) in [6.07, 6.45) is 1.23. The van der Waals surface area contributed by atoms with Gasteiger partial charge in [-0.2, -0.15) is 4.31 Å². The van der Waals surface area contributed by atoms with Crippen LogP contribution >= 0.6 is 0 Å². The summed E-state index contributed by atoms with van der Waals surface area (Å²) in [5, 5.41) is 2.78. The van der Waals surface area contributed by atoms with E-state index < -0.39 is 15.9 Å². The standard InChI is InChI=1S/C20H24N4O4S/c1-29(27,28)24-12-10-23(11-13-24)14-15-2-4-17(5-3-15)20(26)22-18-8-6-16(7-9-18)19(21)25/h2-9H,10-14H2,1H3,(H2,21,25)(H,22,26). The Morgan fingerprint density at radius 1 is 0.931 bits per heavy atom. The highest BCUT2D eigenvalue weighted by Gasteiger charge is 2.23. The van der Waals surface area contributed by atoms with Crippen molar-refractivity contribution in [3.63, 3.8) is 0 Å². The monoisotopic (exact) mass is 416 g/mol. The van der Waals surface area contributed by atoms with Crippen LogP contribution in [0.25, 0.3) is 0 Å². The summed E-state index contributed by atoms with van der Waals surface area (Å²) in [5.41, 5.74) is 7.74. The molecule has 0 saturated carbocycles. The molecule has 3 rings (SSSR count). The van der Waals surface area contributed by atoms with Crippen molar-refractivity contribution < 1.29 is 18.0 Å².